The minimum atomic E-state index is -0.312. The van der Waals surface area contributed by atoms with Crippen molar-refractivity contribution in [3.8, 4) is 0 Å². The van der Waals surface area contributed by atoms with Crippen LogP contribution in [0, 0.1) is 5.92 Å². The lowest BCUT2D eigenvalue weighted by atomic mass is 10.1. The van der Waals surface area contributed by atoms with Gasteiger partial charge in [-0.05, 0) is 24.5 Å². The quantitative estimate of drug-likeness (QED) is 0.763. The molecule has 2 heterocycles. The SMILES string of the molecule is CC(C)CCCCNc1ccc2n[nH]c(=O)n2n1. The van der Waals surface area contributed by atoms with Crippen LogP contribution in [0.1, 0.15) is 33.1 Å². The summed E-state index contributed by atoms with van der Waals surface area (Å²) in [6.45, 7) is 5.33. The summed E-state index contributed by atoms with van der Waals surface area (Å²) in [7, 11) is 0. The van der Waals surface area contributed by atoms with Gasteiger partial charge in [-0.25, -0.2) is 9.89 Å². The number of hydrogen-bond donors (Lipinski definition) is 2. The van der Waals surface area contributed by atoms with E-state index in [1.807, 2.05) is 6.07 Å². The van der Waals surface area contributed by atoms with Crippen molar-refractivity contribution in [1.82, 2.24) is 19.8 Å². The fourth-order valence-electron chi connectivity index (χ4n) is 1.79. The first-order valence-electron chi connectivity index (χ1n) is 6.35. The Bertz CT molecular complexity index is 557. The largest absolute Gasteiger partial charge is 0.369 e. The molecule has 6 heteroatoms. The third-order valence-electron chi connectivity index (χ3n) is 2.79. The molecule has 2 rings (SSSR count). The summed E-state index contributed by atoms with van der Waals surface area (Å²) in [5, 5.41) is 13.6. The van der Waals surface area contributed by atoms with E-state index >= 15 is 0 Å². The highest BCUT2D eigenvalue weighted by Crippen LogP contribution is 2.07. The van der Waals surface area contributed by atoms with E-state index in [-0.39, 0.29) is 5.69 Å². The molecule has 0 bridgehead atoms. The van der Waals surface area contributed by atoms with Crippen molar-refractivity contribution in [3.05, 3.63) is 22.6 Å². The Kier molecular flexibility index (Phi) is 3.96. The Morgan fingerprint density at radius 3 is 3.00 bits per heavy atom. The summed E-state index contributed by atoms with van der Waals surface area (Å²) in [6.07, 6.45) is 3.56. The zero-order valence-corrected chi connectivity index (χ0v) is 10.8. The lowest BCUT2D eigenvalue weighted by molar-refractivity contribution is 0.544. The summed E-state index contributed by atoms with van der Waals surface area (Å²) in [6, 6.07) is 3.60. The minimum Gasteiger partial charge on any atom is -0.369 e. The van der Waals surface area contributed by atoms with E-state index < -0.39 is 0 Å². The molecule has 0 aliphatic carbocycles. The summed E-state index contributed by atoms with van der Waals surface area (Å²) in [5.74, 6) is 1.46. The van der Waals surface area contributed by atoms with Crippen molar-refractivity contribution in [1.29, 1.82) is 0 Å². The average molecular weight is 249 g/mol. The second kappa shape index (κ2) is 5.66. The second-order valence-corrected chi connectivity index (χ2v) is 4.83. The van der Waals surface area contributed by atoms with Crippen LogP contribution in [-0.4, -0.2) is 26.4 Å². The molecule has 0 aliphatic heterocycles. The third kappa shape index (κ3) is 3.09. The van der Waals surface area contributed by atoms with Gasteiger partial charge >= 0.3 is 5.69 Å². The first-order chi connectivity index (χ1) is 8.66. The van der Waals surface area contributed by atoms with Gasteiger partial charge in [0.1, 0.15) is 5.82 Å². The van der Waals surface area contributed by atoms with Crippen LogP contribution in [-0.2, 0) is 0 Å². The van der Waals surface area contributed by atoms with E-state index in [4.69, 9.17) is 0 Å². The van der Waals surface area contributed by atoms with Crippen LogP contribution in [0.4, 0.5) is 5.82 Å². The molecule has 0 spiro atoms. The standard InChI is InChI=1S/C12H19N5O/c1-9(2)5-3-4-8-13-10-6-7-11-14-15-12(18)17(11)16-10/h6-7,9H,3-5,8H2,1-2H3,(H,13,16)(H,15,18). The smallest absolute Gasteiger partial charge is 0.364 e. The maximum atomic E-state index is 11.3. The fraction of sp³-hybridized carbons (Fsp3) is 0.583. The van der Waals surface area contributed by atoms with Crippen LogP contribution >= 0.6 is 0 Å². The van der Waals surface area contributed by atoms with Crippen molar-refractivity contribution < 1.29 is 0 Å². The van der Waals surface area contributed by atoms with Crippen molar-refractivity contribution in [2.45, 2.75) is 33.1 Å². The van der Waals surface area contributed by atoms with Gasteiger partial charge in [-0.3, -0.25) is 0 Å². The molecule has 6 nitrogen and oxygen atoms in total. The van der Waals surface area contributed by atoms with E-state index in [2.05, 4.69) is 34.5 Å². The van der Waals surface area contributed by atoms with Gasteiger partial charge < -0.3 is 5.32 Å². The summed E-state index contributed by atoms with van der Waals surface area (Å²) < 4.78 is 1.26. The van der Waals surface area contributed by atoms with Gasteiger partial charge in [0.2, 0.25) is 0 Å². The number of anilines is 1. The number of H-pyrrole nitrogens is 1. The second-order valence-electron chi connectivity index (χ2n) is 4.83. The lowest BCUT2D eigenvalue weighted by Gasteiger charge is -2.06. The molecule has 98 valence electrons. The zero-order chi connectivity index (χ0) is 13.0. The number of unbranched alkanes of at least 4 members (excludes halogenated alkanes) is 1. The van der Waals surface area contributed by atoms with Gasteiger partial charge in [0.15, 0.2) is 5.65 Å². The molecule has 2 N–H and O–H groups in total. The lowest BCUT2D eigenvalue weighted by Crippen LogP contribution is -2.14. The highest BCUT2D eigenvalue weighted by Gasteiger charge is 2.02. The normalized spacial score (nSPS) is 11.3. The van der Waals surface area contributed by atoms with Crippen LogP contribution in [0.2, 0.25) is 0 Å². The predicted octanol–water partition coefficient (Wildman–Crippen LogP) is 1.66. The molecule has 0 saturated heterocycles. The molecule has 18 heavy (non-hydrogen) atoms. The maximum absolute atomic E-state index is 11.3. The molecule has 0 saturated carbocycles. The zero-order valence-electron chi connectivity index (χ0n) is 10.8. The Labute approximate surface area is 105 Å². The van der Waals surface area contributed by atoms with E-state index in [1.165, 1.54) is 17.4 Å². The molecule has 0 atom stereocenters. The third-order valence-corrected chi connectivity index (χ3v) is 2.79. The van der Waals surface area contributed by atoms with Crippen LogP contribution < -0.4 is 11.0 Å². The first kappa shape index (κ1) is 12.6. The van der Waals surface area contributed by atoms with Gasteiger partial charge in [0.25, 0.3) is 0 Å². The van der Waals surface area contributed by atoms with E-state index in [0.29, 0.717) is 11.5 Å². The monoisotopic (exact) mass is 249 g/mol. The maximum Gasteiger partial charge on any atom is 0.364 e. The Balaban J connectivity index is 1.88. The number of aromatic amines is 1. The van der Waals surface area contributed by atoms with Gasteiger partial charge in [-0.2, -0.15) is 9.61 Å². The molecule has 2 aromatic rings. The van der Waals surface area contributed by atoms with Crippen molar-refractivity contribution in [2.75, 3.05) is 11.9 Å². The van der Waals surface area contributed by atoms with Crippen LogP contribution in [0.5, 0.6) is 0 Å². The molecular formula is C12H19N5O. The van der Waals surface area contributed by atoms with E-state index in [0.717, 1.165) is 18.9 Å². The average Bonchev–Trinajstić information content (AvgIpc) is 2.70. The van der Waals surface area contributed by atoms with E-state index in [9.17, 15) is 4.79 Å². The highest BCUT2D eigenvalue weighted by atomic mass is 16.2. The van der Waals surface area contributed by atoms with Gasteiger partial charge in [0.05, 0.1) is 0 Å². The molecule has 0 amide bonds. The Morgan fingerprint density at radius 1 is 1.39 bits per heavy atom. The molecule has 0 fully saturated rings. The topological polar surface area (TPSA) is 75.1 Å². The molecule has 0 aromatic carbocycles. The summed E-state index contributed by atoms with van der Waals surface area (Å²) in [5.41, 5.74) is 0.221. The van der Waals surface area contributed by atoms with E-state index in [1.54, 1.807) is 6.07 Å². The molecule has 2 aromatic heterocycles. The summed E-state index contributed by atoms with van der Waals surface area (Å²) >= 11 is 0. The predicted molar refractivity (Wildman–Crippen MR) is 70.8 cm³/mol. The van der Waals surface area contributed by atoms with Crippen molar-refractivity contribution in [2.24, 2.45) is 5.92 Å². The van der Waals surface area contributed by atoms with Gasteiger partial charge in [-0.15, -0.1) is 5.10 Å². The first-order valence-corrected chi connectivity index (χ1v) is 6.35. The van der Waals surface area contributed by atoms with Crippen LogP contribution in [0.3, 0.4) is 0 Å². The molecular weight excluding hydrogens is 230 g/mol. The van der Waals surface area contributed by atoms with Crippen LogP contribution in [0.25, 0.3) is 5.65 Å². The number of rotatable bonds is 6. The van der Waals surface area contributed by atoms with Crippen molar-refractivity contribution >= 4 is 11.5 Å². The number of aromatic nitrogens is 4. The molecule has 0 aliphatic rings. The molecule has 0 radical (unpaired) electrons. The number of hydrogen-bond acceptors (Lipinski definition) is 4. The minimum absolute atomic E-state index is 0.312. The number of nitrogens with zero attached hydrogens (tertiary/aromatic N) is 3. The highest BCUT2D eigenvalue weighted by molar-refractivity contribution is 5.42. The molecule has 0 unspecified atom stereocenters. The van der Waals surface area contributed by atoms with Gasteiger partial charge in [-0.1, -0.05) is 26.7 Å². The van der Waals surface area contributed by atoms with Crippen LogP contribution in [0.15, 0.2) is 16.9 Å². The Morgan fingerprint density at radius 2 is 2.22 bits per heavy atom. The van der Waals surface area contributed by atoms with Gasteiger partial charge in [0, 0.05) is 6.54 Å². The summed E-state index contributed by atoms with van der Waals surface area (Å²) in [4.78, 5) is 11.3. The number of nitrogens with one attached hydrogen (secondary N) is 2. The Hall–Kier alpha value is -1.85. The number of fused-ring (bicyclic) bond motifs is 1. The van der Waals surface area contributed by atoms with Crippen molar-refractivity contribution in [3.63, 3.8) is 0 Å². The fourth-order valence-corrected chi connectivity index (χ4v) is 1.79.